The number of halogens is 1. The van der Waals surface area contributed by atoms with Crippen molar-refractivity contribution in [2.75, 3.05) is 13.2 Å². The van der Waals surface area contributed by atoms with Gasteiger partial charge in [-0.05, 0) is 29.7 Å². The van der Waals surface area contributed by atoms with Gasteiger partial charge in [0.25, 0.3) is 5.91 Å². The predicted octanol–water partition coefficient (Wildman–Crippen LogP) is 3.85. The van der Waals surface area contributed by atoms with Crippen LogP contribution in [0.5, 0.6) is 0 Å². The summed E-state index contributed by atoms with van der Waals surface area (Å²) in [5.74, 6) is -0.452. The van der Waals surface area contributed by atoms with Gasteiger partial charge in [-0.15, -0.1) is 0 Å². The van der Waals surface area contributed by atoms with E-state index in [4.69, 9.17) is 17.0 Å². The quantitative estimate of drug-likeness (QED) is 0.416. The van der Waals surface area contributed by atoms with E-state index in [0.29, 0.717) is 15.8 Å². The first-order valence-corrected chi connectivity index (χ1v) is 9.05. The lowest BCUT2D eigenvalue weighted by Crippen LogP contribution is -2.34. The highest BCUT2D eigenvalue weighted by Gasteiger charge is 2.33. The summed E-state index contributed by atoms with van der Waals surface area (Å²) in [6.45, 7) is 4.10. The van der Waals surface area contributed by atoms with E-state index < -0.39 is 5.97 Å². The van der Waals surface area contributed by atoms with Crippen LogP contribution in [0.2, 0.25) is 0 Å². The van der Waals surface area contributed by atoms with Gasteiger partial charge in [0, 0.05) is 4.47 Å². The highest BCUT2D eigenvalue weighted by molar-refractivity contribution is 9.10. The molecule has 1 amide bonds. The van der Waals surface area contributed by atoms with Crippen LogP contribution in [0.1, 0.15) is 19.4 Å². The van der Waals surface area contributed by atoms with Crippen molar-refractivity contribution in [3.8, 4) is 0 Å². The number of esters is 1. The van der Waals surface area contributed by atoms with E-state index in [1.54, 1.807) is 6.08 Å². The molecule has 7 heteroatoms. The van der Waals surface area contributed by atoms with Gasteiger partial charge in [0.15, 0.2) is 0 Å². The van der Waals surface area contributed by atoms with Gasteiger partial charge in [0.1, 0.15) is 10.9 Å². The molecular formula is C16H16BrNO3S2. The Morgan fingerprint density at radius 3 is 2.65 bits per heavy atom. The number of carbonyl (C=O) groups is 2. The zero-order chi connectivity index (χ0) is 17.0. The molecule has 0 radical (unpaired) electrons. The van der Waals surface area contributed by atoms with Crippen LogP contribution in [0.3, 0.4) is 0 Å². The maximum atomic E-state index is 12.4. The molecule has 0 aromatic heterocycles. The minimum atomic E-state index is -0.445. The van der Waals surface area contributed by atoms with Crippen molar-refractivity contribution in [2.24, 2.45) is 5.92 Å². The lowest BCUT2D eigenvalue weighted by atomic mass is 10.2. The lowest BCUT2D eigenvalue weighted by molar-refractivity contribution is -0.147. The molecule has 0 atom stereocenters. The number of ether oxygens (including phenoxy) is 1. The molecule has 4 nitrogen and oxygen atoms in total. The second-order valence-corrected chi connectivity index (χ2v) is 7.99. The largest absolute Gasteiger partial charge is 0.464 e. The van der Waals surface area contributed by atoms with Gasteiger partial charge in [-0.2, -0.15) is 0 Å². The second kappa shape index (κ2) is 8.08. The average molecular weight is 414 g/mol. The van der Waals surface area contributed by atoms with Crippen LogP contribution in [0, 0.1) is 5.92 Å². The SMILES string of the molecule is CC(C)COC(=O)CN1C(=O)/C(=C/c2ccc(Br)cc2)SC1=S. The van der Waals surface area contributed by atoms with Gasteiger partial charge >= 0.3 is 5.97 Å². The van der Waals surface area contributed by atoms with E-state index in [2.05, 4.69) is 15.9 Å². The number of thiocarbonyl (C=S) groups is 1. The molecule has 1 heterocycles. The van der Waals surface area contributed by atoms with E-state index in [1.807, 2.05) is 38.1 Å². The summed E-state index contributed by atoms with van der Waals surface area (Å²) in [7, 11) is 0. The Labute approximate surface area is 153 Å². The summed E-state index contributed by atoms with van der Waals surface area (Å²) in [5, 5.41) is 0. The summed E-state index contributed by atoms with van der Waals surface area (Å²) in [5.41, 5.74) is 0.899. The number of hydrogen-bond acceptors (Lipinski definition) is 5. The fourth-order valence-corrected chi connectivity index (χ4v) is 3.30. The molecule has 0 unspecified atom stereocenters. The molecule has 1 aromatic carbocycles. The van der Waals surface area contributed by atoms with E-state index in [1.165, 1.54) is 16.7 Å². The molecule has 1 aliphatic heterocycles. The van der Waals surface area contributed by atoms with Crippen molar-refractivity contribution in [3.05, 3.63) is 39.2 Å². The van der Waals surface area contributed by atoms with Gasteiger partial charge < -0.3 is 4.74 Å². The minimum Gasteiger partial charge on any atom is -0.464 e. The molecular weight excluding hydrogens is 398 g/mol. The van der Waals surface area contributed by atoms with Crippen LogP contribution in [0.25, 0.3) is 6.08 Å². The molecule has 0 N–H and O–H groups in total. The van der Waals surface area contributed by atoms with Crippen molar-refractivity contribution in [2.45, 2.75) is 13.8 Å². The molecule has 1 saturated heterocycles. The predicted molar refractivity (Wildman–Crippen MR) is 99.8 cm³/mol. The number of amides is 1. The molecule has 2 rings (SSSR count). The maximum absolute atomic E-state index is 12.4. The Bertz CT molecular complexity index is 656. The second-order valence-electron chi connectivity index (χ2n) is 5.40. The van der Waals surface area contributed by atoms with E-state index in [-0.39, 0.29) is 18.4 Å². The van der Waals surface area contributed by atoms with Crippen molar-refractivity contribution < 1.29 is 14.3 Å². The van der Waals surface area contributed by atoms with Crippen molar-refractivity contribution in [1.29, 1.82) is 0 Å². The number of nitrogens with zero attached hydrogens (tertiary/aromatic N) is 1. The highest BCUT2D eigenvalue weighted by atomic mass is 79.9. The van der Waals surface area contributed by atoms with Crippen LogP contribution in [0.4, 0.5) is 0 Å². The van der Waals surface area contributed by atoms with Gasteiger partial charge in [-0.3, -0.25) is 14.5 Å². The number of hydrogen-bond donors (Lipinski definition) is 0. The van der Waals surface area contributed by atoms with Gasteiger partial charge in [0.05, 0.1) is 11.5 Å². The monoisotopic (exact) mass is 413 g/mol. The zero-order valence-electron chi connectivity index (χ0n) is 12.7. The summed E-state index contributed by atoms with van der Waals surface area (Å²) >= 11 is 9.76. The highest BCUT2D eigenvalue weighted by Crippen LogP contribution is 2.32. The summed E-state index contributed by atoms with van der Waals surface area (Å²) in [6, 6.07) is 7.59. The Balaban J connectivity index is 2.04. The summed E-state index contributed by atoms with van der Waals surface area (Å²) in [4.78, 5) is 26.0. The zero-order valence-corrected chi connectivity index (χ0v) is 16.0. The Morgan fingerprint density at radius 2 is 2.04 bits per heavy atom. The van der Waals surface area contributed by atoms with Gasteiger partial charge in [-0.1, -0.05) is 65.9 Å². The first-order valence-electron chi connectivity index (χ1n) is 7.03. The summed E-state index contributed by atoms with van der Waals surface area (Å²) < 4.78 is 6.44. The number of carbonyl (C=O) groups excluding carboxylic acids is 2. The molecule has 23 heavy (non-hydrogen) atoms. The van der Waals surface area contributed by atoms with Crippen LogP contribution in [-0.2, 0) is 14.3 Å². The van der Waals surface area contributed by atoms with E-state index in [0.717, 1.165) is 10.0 Å². The lowest BCUT2D eigenvalue weighted by Gasteiger charge is -2.14. The Hall–Kier alpha value is -1.18. The first-order chi connectivity index (χ1) is 10.9. The third kappa shape index (κ3) is 5.16. The molecule has 0 bridgehead atoms. The van der Waals surface area contributed by atoms with E-state index >= 15 is 0 Å². The van der Waals surface area contributed by atoms with E-state index in [9.17, 15) is 9.59 Å². The molecule has 1 aromatic rings. The molecule has 0 spiro atoms. The van der Waals surface area contributed by atoms with Gasteiger partial charge in [-0.25, -0.2) is 0 Å². The molecule has 122 valence electrons. The van der Waals surface area contributed by atoms with Gasteiger partial charge in [0.2, 0.25) is 0 Å². The van der Waals surface area contributed by atoms with Crippen molar-refractivity contribution in [1.82, 2.24) is 4.90 Å². The first kappa shape index (κ1) is 18.2. The molecule has 1 fully saturated rings. The number of thioether (sulfide) groups is 1. The van der Waals surface area contributed by atoms with Crippen LogP contribution in [0.15, 0.2) is 33.6 Å². The fourth-order valence-electron chi connectivity index (χ4n) is 1.78. The molecule has 0 aliphatic carbocycles. The Morgan fingerprint density at radius 1 is 1.39 bits per heavy atom. The average Bonchev–Trinajstić information content (AvgIpc) is 2.75. The third-order valence-corrected chi connectivity index (χ3v) is 4.81. The molecule has 1 aliphatic rings. The van der Waals surface area contributed by atoms with Crippen LogP contribution < -0.4 is 0 Å². The third-order valence-electron chi connectivity index (χ3n) is 2.91. The topological polar surface area (TPSA) is 46.6 Å². The maximum Gasteiger partial charge on any atom is 0.326 e. The van der Waals surface area contributed by atoms with Crippen molar-refractivity contribution >= 4 is 62.2 Å². The number of rotatable bonds is 5. The van der Waals surface area contributed by atoms with Crippen LogP contribution >= 0.6 is 39.9 Å². The normalized spacial score (nSPS) is 16.5. The standard InChI is InChI=1S/C16H16BrNO3S2/c1-10(2)9-21-14(19)8-18-15(20)13(23-16(18)22)7-11-3-5-12(17)6-4-11/h3-7,10H,8-9H2,1-2H3/b13-7-. The fraction of sp³-hybridized carbons (Fsp3) is 0.312. The number of benzene rings is 1. The molecule has 0 saturated carbocycles. The Kier molecular flexibility index (Phi) is 6.38. The smallest absolute Gasteiger partial charge is 0.326 e. The van der Waals surface area contributed by atoms with Crippen molar-refractivity contribution in [3.63, 3.8) is 0 Å². The van der Waals surface area contributed by atoms with Crippen LogP contribution in [-0.4, -0.2) is 34.2 Å². The summed E-state index contributed by atoms with van der Waals surface area (Å²) in [6.07, 6.45) is 1.77. The minimum absolute atomic E-state index is 0.144.